The number of hydrogen-bond donors (Lipinski definition) is 3. The first-order valence-corrected chi connectivity index (χ1v) is 7.56. The normalized spacial score (nSPS) is 15.9. The minimum atomic E-state index is -0.166. The second kappa shape index (κ2) is 6.76. The molecule has 3 rings (SSSR count). The van der Waals surface area contributed by atoms with Gasteiger partial charge in [-0.15, -0.1) is 0 Å². The van der Waals surface area contributed by atoms with Crippen LogP contribution in [0.1, 0.15) is 16.2 Å². The smallest absolute Gasteiger partial charge is 0.271 e. The van der Waals surface area contributed by atoms with Gasteiger partial charge < -0.3 is 15.1 Å². The molecule has 0 aromatic carbocycles. The zero-order valence-electron chi connectivity index (χ0n) is 12.7. The fourth-order valence-electron chi connectivity index (χ4n) is 2.50. The van der Waals surface area contributed by atoms with Gasteiger partial charge in [0.2, 0.25) is 0 Å². The molecule has 1 amide bonds. The maximum Gasteiger partial charge on any atom is 0.271 e. The zero-order chi connectivity index (χ0) is 15.4. The van der Waals surface area contributed by atoms with Crippen molar-refractivity contribution in [1.29, 1.82) is 0 Å². The summed E-state index contributed by atoms with van der Waals surface area (Å²) in [4.78, 5) is 14.4. The minimum absolute atomic E-state index is 0.166. The highest BCUT2D eigenvalue weighted by atomic mass is 16.3. The molecule has 1 aliphatic heterocycles. The van der Waals surface area contributed by atoms with Gasteiger partial charge in [0.05, 0.1) is 0 Å². The van der Waals surface area contributed by atoms with Gasteiger partial charge >= 0.3 is 0 Å². The van der Waals surface area contributed by atoms with Gasteiger partial charge in [-0.1, -0.05) is 0 Å². The van der Waals surface area contributed by atoms with Crippen molar-refractivity contribution in [3.63, 3.8) is 0 Å². The van der Waals surface area contributed by atoms with Gasteiger partial charge in [-0.2, -0.15) is 5.10 Å². The summed E-state index contributed by atoms with van der Waals surface area (Å²) in [5.74, 6) is 1.34. The van der Waals surface area contributed by atoms with Crippen molar-refractivity contribution in [2.24, 2.45) is 0 Å². The number of furan rings is 1. The van der Waals surface area contributed by atoms with Gasteiger partial charge in [-0.05, 0) is 19.1 Å². The Morgan fingerprint density at radius 2 is 2.23 bits per heavy atom. The zero-order valence-corrected chi connectivity index (χ0v) is 12.7. The van der Waals surface area contributed by atoms with Crippen LogP contribution in [-0.2, 0) is 0 Å². The van der Waals surface area contributed by atoms with E-state index in [9.17, 15) is 4.79 Å². The molecule has 1 aliphatic rings. The second-order valence-electron chi connectivity index (χ2n) is 5.42. The van der Waals surface area contributed by atoms with Crippen LogP contribution in [0.2, 0.25) is 0 Å². The molecule has 118 valence electrons. The molecule has 0 saturated carbocycles. The first-order valence-electron chi connectivity index (χ1n) is 7.56. The molecule has 3 heterocycles. The Bertz CT molecular complexity index is 627. The molecule has 0 aliphatic carbocycles. The number of amides is 1. The highest BCUT2D eigenvalue weighted by Crippen LogP contribution is 2.20. The van der Waals surface area contributed by atoms with E-state index < -0.39 is 0 Å². The Kier molecular flexibility index (Phi) is 4.55. The van der Waals surface area contributed by atoms with Crippen molar-refractivity contribution < 1.29 is 9.21 Å². The predicted octanol–water partition coefficient (Wildman–Crippen LogP) is 0.613. The third kappa shape index (κ3) is 3.55. The molecule has 22 heavy (non-hydrogen) atoms. The number of carbonyl (C=O) groups excluding carboxylic acids is 1. The van der Waals surface area contributed by atoms with Gasteiger partial charge in [0, 0.05) is 45.3 Å². The van der Waals surface area contributed by atoms with Crippen molar-refractivity contribution in [2.75, 3.05) is 39.3 Å². The number of hydrogen-bond acceptors (Lipinski definition) is 5. The van der Waals surface area contributed by atoms with E-state index in [2.05, 4.69) is 25.7 Å². The number of aryl methyl sites for hydroxylation is 1. The predicted molar refractivity (Wildman–Crippen MR) is 82.7 cm³/mol. The monoisotopic (exact) mass is 303 g/mol. The molecule has 0 radical (unpaired) electrons. The maximum atomic E-state index is 12.1. The lowest BCUT2D eigenvalue weighted by Gasteiger charge is -2.26. The van der Waals surface area contributed by atoms with Crippen LogP contribution in [0.3, 0.4) is 0 Å². The second-order valence-corrected chi connectivity index (χ2v) is 5.42. The van der Waals surface area contributed by atoms with Crippen LogP contribution in [0.15, 0.2) is 22.6 Å². The van der Waals surface area contributed by atoms with Crippen molar-refractivity contribution in [1.82, 2.24) is 25.7 Å². The van der Waals surface area contributed by atoms with Gasteiger partial charge in [-0.25, -0.2) is 0 Å². The average Bonchev–Trinajstić information content (AvgIpc) is 3.17. The number of H-pyrrole nitrogens is 1. The summed E-state index contributed by atoms with van der Waals surface area (Å²) < 4.78 is 5.51. The summed E-state index contributed by atoms with van der Waals surface area (Å²) in [5, 5.41) is 13.1. The van der Waals surface area contributed by atoms with E-state index in [0.717, 1.165) is 38.5 Å². The topological polar surface area (TPSA) is 86.2 Å². The van der Waals surface area contributed by atoms with Crippen LogP contribution in [0.5, 0.6) is 0 Å². The number of rotatable bonds is 5. The van der Waals surface area contributed by atoms with E-state index >= 15 is 0 Å². The molecule has 2 aromatic heterocycles. The Balaban J connectivity index is 1.51. The molecular formula is C15H21N5O2. The van der Waals surface area contributed by atoms with Crippen molar-refractivity contribution >= 4 is 5.91 Å². The third-order valence-electron chi connectivity index (χ3n) is 3.74. The number of nitrogens with one attached hydrogen (secondary N) is 3. The number of aromatic amines is 1. The van der Waals surface area contributed by atoms with Crippen LogP contribution in [0.4, 0.5) is 0 Å². The third-order valence-corrected chi connectivity index (χ3v) is 3.74. The van der Waals surface area contributed by atoms with Crippen LogP contribution in [-0.4, -0.2) is 60.3 Å². The van der Waals surface area contributed by atoms with Gasteiger partial charge in [-0.3, -0.25) is 14.8 Å². The molecule has 1 fully saturated rings. The molecule has 0 unspecified atom stereocenters. The van der Waals surface area contributed by atoms with E-state index in [1.807, 2.05) is 19.1 Å². The fourth-order valence-corrected chi connectivity index (χ4v) is 2.50. The van der Waals surface area contributed by atoms with Crippen molar-refractivity contribution in [2.45, 2.75) is 6.92 Å². The molecule has 3 N–H and O–H groups in total. The largest absolute Gasteiger partial charge is 0.460 e. The van der Waals surface area contributed by atoms with E-state index in [1.54, 1.807) is 6.07 Å². The lowest BCUT2D eigenvalue weighted by atomic mass is 10.3. The fraction of sp³-hybridized carbons (Fsp3) is 0.467. The molecular weight excluding hydrogens is 282 g/mol. The van der Waals surface area contributed by atoms with Crippen molar-refractivity contribution in [3.05, 3.63) is 29.7 Å². The summed E-state index contributed by atoms with van der Waals surface area (Å²) in [7, 11) is 0. The molecule has 7 heteroatoms. The summed E-state index contributed by atoms with van der Waals surface area (Å²) in [5.41, 5.74) is 1.09. The molecule has 0 spiro atoms. The van der Waals surface area contributed by atoms with Crippen molar-refractivity contribution in [3.8, 4) is 11.5 Å². The SMILES string of the molecule is Cc1ccc(-c2cc(C(=O)NCCN3CCNCC3)n[nH]2)o1. The molecule has 7 nitrogen and oxygen atoms in total. The molecule has 1 saturated heterocycles. The summed E-state index contributed by atoms with van der Waals surface area (Å²) in [6.07, 6.45) is 0. The summed E-state index contributed by atoms with van der Waals surface area (Å²) in [6.45, 7) is 7.45. The van der Waals surface area contributed by atoms with E-state index in [-0.39, 0.29) is 5.91 Å². The number of nitrogens with zero attached hydrogens (tertiary/aromatic N) is 2. The van der Waals surface area contributed by atoms with Gasteiger partial charge in [0.15, 0.2) is 11.5 Å². The van der Waals surface area contributed by atoms with Crippen LogP contribution in [0, 0.1) is 6.92 Å². The van der Waals surface area contributed by atoms with Gasteiger partial charge in [0.1, 0.15) is 11.5 Å². The Morgan fingerprint density at radius 1 is 1.41 bits per heavy atom. The van der Waals surface area contributed by atoms with Crippen LogP contribution < -0.4 is 10.6 Å². The number of carbonyl (C=O) groups is 1. The quantitative estimate of drug-likeness (QED) is 0.753. The Labute approximate surface area is 129 Å². The highest BCUT2D eigenvalue weighted by Gasteiger charge is 2.14. The minimum Gasteiger partial charge on any atom is -0.460 e. The lowest BCUT2D eigenvalue weighted by molar-refractivity contribution is 0.0942. The first-order chi connectivity index (χ1) is 10.7. The lowest BCUT2D eigenvalue weighted by Crippen LogP contribution is -2.46. The Hall–Kier alpha value is -2.12. The molecule has 0 bridgehead atoms. The summed E-state index contributed by atoms with van der Waals surface area (Å²) >= 11 is 0. The first kappa shape index (κ1) is 14.8. The summed E-state index contributed by atoms with van der Waals surface area (Å²) in [6, 6.07) is 5.44. The van der Waals surface area contributed by atoms with E-state index in [4.69, 9.17) is 4.42 Å². The highest BCUT2D eigenvalue weighted by molar-refractivity contribution is 5.93. The molecule has 2 aromatic rings. The number of aromatic nitrogens is 2. The standard InChI is InChI=1S/C15H21N5O2/c1-11-2-3-14(22-11)12-10-13(19-18-12)15(21)17-6-9-20-7-4-16-5-8-20/h2-3,10,16H,4-9H2,1H3,(H,17,21)(H,18,19). The van der Waals surface area contributed by atoms with E-state index in [0.29, 0.717) is 23.7 Å². The van der Waals surface area contributed by atoms with E-state index in [1.165, 1.54) is 0 Å². The molecule has 0 atom stereocenters. The number of piperazine rings is 1. The Morgan fingerprint density at radius 3 is 2.95 bits per heavy atom. The average molecular weight is 303 g/mol. The maximum absolute atomic E-state index is 12.1. The van der Waals surface area contributed by atoms with Gasteiger partial charge in [0.25, 0.3) is 5.91 Å². The van der Waals surface area contributed by atoms with Crippen LogP contribution in [0.25, 0.3) is 11.5 Å². The van der Waals surface area contributed by atoms with Crippen LogP contribution >= 0.6 is 0 Å².